The Morgan fingerprint density at radius 3 is 2.30 bits per heavy atom. The number of allylic oxidation sites excluding steroid dienone is 2. The topological polar surface area (TPSA) is 40.5 Å². The third-order valence-corrected chi connectivity index (χ3v) is 3.11. The van der Waals surface area contributed by atoms with E-state index in [-0.39, 0.29) is 11.5 Å². The molecular weight excluding hydrogens is 248 g/mol. The highest BCUT2D eigenvalue weighted by Crippen LogP contribution is 2.36. The normalized spacial score (nSPS) is 10.8. The summed E-state index contributed by atoms with van der Waals surface area (Å²) in [6, 6.07) is 10.7. The Hall–Kier alpha value is -2.48. The summed E-state index contributed by atoms with van der Waals surface area (Å²) >= 11 is 0. The highest BCUT2D eigenvalue weighted by Gasteiger charge is 2.10. The van der Waals surface area contributed by atoms with Crippen LogP contribution in [0.2, 0.25) is 0 Å². The van der Waals surface area contributed by atoms with E-state index >= 15 is 0 Å². The maximum absolute atomic E-state index is 10.0. The van der Waals surface area contributed by atoms with Crippen LogP contribution in [0.3, 0.4) is 0 Å². The van der Waals surface area contributed by atoms with Crippen molar-refractivity contribution >= 4 is 6.08 Å². The van der Waals surface area contributed by atoms with Gasteiger partial charge >= 0.3 is 0 Å². The average molecular weight is 266 g/mol. The van der Waals surface area contributed by atoms with Gasteiger partial charge in [0.2, 0.25) is 0 Å². The van der Waals surface area contributed by atoms with Crippen molar-refractivity contribution in [3.05, 3.63) is 66.3 Å². The van der Waals surface area contributed by atoms with Crippen molar-refractivity contribution in [1.82, 2.24) is 0 Å². The number of phenols is 2. The predicted molar refractivity (Wildman–Crippen MR) is 83.8 cm³/mol. The first-order valence-electron chi connectivity index (χ1n) is 6.54. The van der Waals surface area contributed by atoms with Gasteiger partial charge in [-0.1, -0.05) is 30.4 Å². The molecule has 2 N–H and O–H groups in total. The largest absolute Gasteiger partial charge is 0.507 e. The molecule has 0 unspecified atom stereocenters. The Labute approximate surface area is 119 Å². The summed E-state index contributed by atoms with van der Waals surface area (Å²) < 4.78 is 0. The minimum Gasteiger partial charge on any atom is -0.507 e. The number of hydrogen-bond donors (Lipinski definition) is 2. The molecule has 0 heterocycles. The van der Waals surface area contributed by atoms with E-state index in [2.05, 4.69) is 6.58 Å². The summed E-state index contributed by atoms with van der Waals surface area (Å²) in [6.07, 6.45) is 6.42. The Morgan fingerprint density at radius 1 is 1.00 bits per heavy atom. The zero-order chi connectivity index (χ0) is 14.5. The molecule has 0 radical (unpaired) electrons. The van der Waals surface area contributed by atoms with E-state index in [1.165, 1.54) is 0 Å². The van der Waals surface area contributed by atoms with E-state index in [4.69, 9.17) is 0 Å². The van der Waals surface area contributed by atoms with E-state index in [0.717, 1.165) is 17.5 Å². The highest BCUT2D eigenvalue weighted by atomic mass is 16.3. The van der Waals surface area contributed by atoms with Gasteiger partial charge in [0.1, 0.15) is 11.5 Å². The van der Waals surface area contributed by atoms with Gasteiger partial charge in [-0.05, 0) is 48.7 Å². The summed E-state index contributed by atoms with van der Waals surface area (Å²) in [5, 5.41) is 20.1. The van der Waals surface area contributed by atoms with Crippen LogP contribution in [0.4, 0.5) is 0 Å². The number of aromatic hydroxyl groups is 2. The molecule has 0 bridgehead atoms. The first-order chi connectivity index (χ1) is 9.65. The lowest BCUT2D eigenvalue weighted by atomic mass is 9.98. The summed E-state index contributed by atoms with van der Waals surface area (Å²) in [7, 11) is 0. The maximum atomic E-state index is 10.0. The number of hydrogen-bond acceptors (Lipinski definition) is 2. The number of phenolic OH excluding ortho intramolecular Hbond substituents is 2. The van der Waals surface area contributed by atoms with Crippen LogP contribution in [-0.2, 0) is 6.42 Å². The minimum absolute atomic E-state index is 0.157. The second kappa shape index (κ2) is 6.11. The lowest BCUT2D eigenvalue weighted by Crippen LogP contribution is -1.86. The molecule has 0 aliphatic carbocycles. The fraction of sp³-hybridized carbons (Fsp3) is 0.111. The first kappa shape index (κ1) is 13.9. The van der Waals surface area contributed by atoms with E-state index in [0.29, 0.717) is 11.1 Å². The molecule has 2 aromatic carbocycles. The molecule has 0 saturated carbocycles. The summed E-state index contributed by atoms with van der Waals surface area (Å²) in [5.41, 5.74) is 3.29. The quantitative estimate of drug-likeness (QED) is 0.798. The lowest BCUT2D eigenvalue weighted by molar-refractivity contribution is 0.469. The third-order valence-electron chi connectivity index (χ3n) is 3.11. The summed E-state index contributed by atoms with van der Waals surface area (Å²) in [4.78, 5) is 0. The van der Waals surface area contributed by atoms with Crippen molar-refractivity contribution in [2.24, 2.45) is 0 Å². The van der Waals surface area contributed by atoms with Crippen LogP contribution in [-0.4, -0.2) is 10.2 Å². The molecule has 0 aliphatic rings. The average Bonchev–Trinajstić information content (AvgIpc) is 2.44. The molecule has 2 heteroatoms. The Kier molecular flexibility index (Phi) is 4.26. The van der Waals surface area contributed by atoms with E-state index < -0.39 is 0 Å². The monoisotopic (exact) mass is 266 g/mol. The first-order valence-corrected chi connectivity index (χ1v) is 6.54. The lowest BCUT2D eigenvalue weighted by Gasteiger charge is -2.10. The van der Waals surface area contributed by atoms with Gasteiger partial charge in [-0.25, -0.2) is 0 Å². The Bertz CT molecular complexity index is 654. The molecule has 0 saturated heterocycles. The van der Waals surface area contributed by atoms with Crippen molar-refractivity contribution in [1.29, 1.82) is 0 Å². The molecule has 0 atom stereocenters. The molecule has 102 valence electrons. The van der Waals surface area contributed by atoms with Crippen molar-refractivity contribution in [3.8, 4) is 22.6 Å². The predicted octanol–water partition coefficient (Wildman–Crippen LogP) is 4.53. The molecule has 0 amide bonds. The molecule has 0 aromatic heterocycles. The Balaban J connectivity index is 2.57. The molecule has 2 nitrogen and oxygen atoms in total. The molecule has 2 rings (SSSR count). The molecule has 0 aliphatic heterocycles. The van der Waals surface area contributed by atoms with Crippen LogP contribution in [0.1, 0.15) is 18.1 Å². The number of rotatable bonds is 4. The standard InChI is InChI=1S/C18H18O2/c1-3-5-13-7-9-17(19)15(11-13)16-12-14(6-4-2)8-10-18(16)20/h3-4,6-12,19-20H,1,5H2,2H3. The van der Waals surface area contributed by atoms with Crippen LogP contribution in [0.25, 0.3) is 17.2 Å². The van der Waals surface area contributed by atoms with Crippen molar-refractivity contribution in [2.45, 2.75) is 13.3 Å². The van der Waals surface area contributed by atoms with Gasteiger partial charge in [-0.15, -0.1) is 6.58 Å². The third kappa shape index (κ3) is 2.91. The fourth-order valence-electron chi connectivity index (χ4n) is 2.16. The zero-order valence-corrected chi connectivity index (χ0v) is 11.5. The van der Waals surface area contributed by atoms with Gasteiger partial charge in [-0.3, -0.25) is 0 Å². The smallest absolute Gasteiger partial charge is 0.123 e. The van der Waals surface area contributed by atoms with Crippen molar-refractivity contribution in [2.75, 3.05) is 0 Å². The van der Waals surface area contributed by atoms with Crippen LogP contribution < -0.4 is 0 Å². The second-order valence-electron chi connectivity index (χ2n) is 4.62. The molecular formula is C18H18O2. The van der Waals surface area contributed by atoms with Crippen LogP contribution in [0.5, 0.6) is 11.5 Å². The summed E-state index contributed by atoms with van der Waals surface area (Å²) in [6.45, 7) is 5.65. The van der Waals surface area contributed by atoms with E-state index in [9.17, 15) is 10.2 Å². The van der Waals surface area contributed by atoms with Gasteiger partial charge in [0.15, 0.2) is 0 Å². The highest BCUT2D eigenvalue weighted by molar-refractivity contribution is 5.78. The van der Waals surface area contributed by atoms with Crippen LogP contribution in [0.15, 0.2) is 55.1 Å². The van der Waals surface area contributed by atoms with E-state index in [1.54, 1.807) is 12.1 Å². The second-order valence-corrected chi connectivity index (χ2v) is 4.62. The van der Waals surface area contributed by atoms with Crippen LogP contribution >= 0.6 is 0 Å². The minimum atomic E-state index is 0.157. The Morgan fingerprint density at radius 2 is 1.65 bits per heavy atom. The zero-order valence-electron chi connectivity index (χ0n) is 11.5. The van der Waals surface area contributed by atoms with Gasteiger partial charge < -0.3 is 10.2 Å². The van der Waals surface area contributed by atoms with E-state index in [1.807, 2.05) is 49.4 Å². The van der Waals surface area contributed by atoms with Crippen molar-refractivity contribution in [3.63, 3.8) is 0 Å². The van der Waals surface area contributed by atoms with Gasteiger partial charge in [0.25, 0.3) is 0 Å². The molecule has 2 aromatic rings. The SMILES string of the molecule is C=CCc1ccc(O)c(-c2cc(C=CC)ccc2O)c1. The molecule has 0 spiro atoms. The fourth-order valence-corrected chi connectivity index (χ4v) is 2.16. The van der Waals surface area contributed by atoms with Gasteiger partial charge in [0, 0.05) is 11.1 Å². The number of benzene rings is 2. The maximum Gasteiger partial charge on any atom is 0.123 e. The van der Waals surface area contributed by atoms with Gasteiger partial charge in [-0.2, -0.15) is 0 Å². The summed E-state index contributed by atoms with van der Waals surface area (Å²) in [5.74, 6) is 0.315. The van der Waals surface area contributed by atoms with Crippen LogP contribution in [0, 0.1) is 0 Å². The molecule has 0 fully saturated rings. The van der Waals surface area contributed by atoms with Gasteiger partial charge in [0.05, 0.1) is 0 Å². The van der Waals surface area contributed by atoms with Crippen molar-refractivity contribution < 1.29 is 10.2 Å². The molecule has 20 heavy (non-hydrogen) atoms.